The van der Waals surface area contributed by atoms with E-state index in [-0.39, 0.29) is 41.6 Å². The van der Waals surface area contributed by atoms with E-state index in [0.717, 1.165) is 18.4 Å². The molecule has 0 aromatic rings. The fourth-order valence-electron chi connectivity index (χ4n) is 5.19. The van der Waals surface area contributed by atoms with Crippen LogP contribution in [-0.4, -0.2) is 71.4 Å². The summed E-state index contributed by atoms with van der Waals surface area (Å²) >= 11 is 0. The van der Waals surface area contributed by atoms with Crippen LogP contribution in [0.3, 0.4) is 0 Å². The molecular weight excluding hydrogens is 462 g/mol. The Balaban J connectivity index is 1.49. The largest absolute Gasteiger partial charge is 0.459 e. The Bertz CT molecular complexity index is 888. The second kappa shape index (κ2) is 11.6. The number of aliphatic hydroxyl groups excluding tert-OH is 1. The van der Waals surface area contributed by atoms with Crippen molar-refractivity contribution in [3.05, 3.63) is 36.0 Å². The molecule has 0 saturated carbocycles. The van der Waals surface area contributed by atoms with E-state index in [2.05, 4.69) is 18.3 Å². The first-order valence-corrected chi connectivity index (χ1v) is 13.0. The van der Waals surface area contributed by atoms with Crippen LogP contribution in [0.2, 0.25) is 0 Å². The lowest BCUT2D eigenvalue weighted by Crippen LogP contribution is -2.53. The molecule has 1 spiro atoms. The molecule has 2 N–H and O–H groups in total. The average molecular weight is 506 g/mol. The molecule has 0 aromatic heterocycles. The molecule has 0 aliphatic carbocycles. The van der Waals surface area contributed by atoms with Crippen LogP contribution in [0.15, 0.2) is 36.0 Å². The summed E-state index contributed by atoms with van der Waals surface area (Å²) in [5.74, 6) is -0.346. The van der Waals surface area contributed by atoms with Crippen LogP contribution in [0.1, 0.15) is 67.7 Å². The van der Waals surface area contributed by atoms with E-state index >= 15 is 0 Å². The second-order valence-electron chi connectivity index (χ2n) is 11.2. The first-order valence-electron chi connectivity index (χ1n) is 13.0. The number of epoxide rings is 1. The van der Waals surface area contributed by atoms with E-state index in [0.29, 0.717) is 13.0 Å². The van der Waals surface area contributed by atoms with Gasteiger partial charge < -0.3 is 29.4 Å². The summed E-state index contributed by atoms with van der Waals surface area (Å²) in [5.41, 5.74) is 0.274. The number of ether oxygens (including phenoxy) is 4. The first kappa shape index (κ1) is 28.6. The maximum absolute atomic E-state index is 12.3. The maximum Gasteiger partial charge on any atom is 0.303 e. The average Bonchev–Trinajstić information content (AvgIpc) is 3.54. The van der Waals surface area contributed by atoms with Crippen LogP contribution in [0, 0.1) is 5.92 Å². The Labute approximate surface area is 215 Å². The summed E-state index contributed by atoms with van der Waals surface area (Å²) in [7, 11) is 0. The van der Waals surface area contributed by atoms with Gasteiger partial charge in [0.25, 0.3) is 0 Å². The maximum atomic E-state index is 12.3. The Hall–Kier alpha value is -2.00. The SMILES string of the molecule is CC(=O)O[C@@H](C)/C=C\C(=O)N[C@@H]1C[C@H](C)[C@H](C/C=C(C)/C=C/[C@@H]2OC(C)(C)C[C@@]3(CO3)[C@H]2O)O[C@@H]1C. The van der Waals surface area contributed by atoms with Gasteiger partial charge in [-0.25, -0.2) is 0 Å². The van der Waals surface area contributed by atoms with Crippen LogP contribution in [0.4, 0.5) is 0 Å². The van der Waals surface area contributed by atoms with E-state index < -0.39 is 23.9 Å². The van der Waals surface area contributed by atoms with Crippen LogP contribution < -0.4 is 5.32 Å². The van der Waals surface area contributed by atoms with Crippen molar-refractivity contribution in [2.24, 2.45) is 5.92 Å². The first-order chi connectivity index (χ1) is 16.8. The van der Waals surface area contributed by atoms with Crippen molar-refractivity contribution in [2.75, 3.05) is 6.61 Å². The molecule has 202 valence electrons. The lowest BCUT2D eigenvalue weighted by atomic mass is 9.83. The molecule has 1 amide bonds. The summed E-state index contributed by atoms with van der Waals surface area (Å²) < 4.78 is 23.0. The third kappa shape index (κ3) is 7.75. The number of amides is 1. The zero-order chi connectivity index (χ0) is 26.7. The smallest absolute Gasteiger partial charge is 0.303 e. The quantitative estimate of drug-likeness (QED) is 0.225. The van der Waals surface area contributed by atoms with Gasteiger partial charge in [-0.3, -0.25) is 9.59 Å². The summed E-state index contributed by atoms with van der Waals surface area (Å²) in [6.45, 7) is 13.8. The van der Waals surface area contributed by atoms with Crippen LogP contribution >= 0.6 is 0 Å². The lowest BCUT2D eigenvalue weighted by Gasteiger charge is -2.41. The Morgan fingerprint density at radius 2 is 1.92 bits per heavy atom. The minimum Gasteiger partial charge on any atom is -0.459 e. The van der Waals surface area contributed by atoms with E-state index in [1.54, 1.807) is 13.0 Å². The number of nitrogens with one attached hydrogen (secondary N) is 1. The number of aliphatic hydroxyl groups is 1. The molecule has 0 unspecified atom stereocenters. The van der Waals surface area contributed by atoms with Gasteiger partial charge in [0.15, 0.2) is 0 Å². The highest BCUT2D eigenvalue weighted by molar-refractivity contribution is 5.87. The Kier molecular flexibility index (Phi) is 9.20. The highest BCUT2D eigenvalue weighted by Gasteiger charge is 2.60. The Morgan fingerprint density at radius 1 is 1.22 bits per heavy atom. The minimum atomic E-state index is -0.663. The molecule has 0 aromatic carbocycles. The molecule has 3 heterocycles. The molecule has 0 bridgehead atoms. The fourth-order valence-corrected chi connectivity index (χ4v) is 5.19. The number of esters is 1. The highest BCUT2D eigenvalue weighted by Crippen LogP contribution is 2.46. The van der Waals surface area contributed by atoms with E-state index in [4.69, 9.17) is 18.9 Å². The highest BCUT2D eigenvalue weighted by atomic mass is 16.6. The minimum absolute atomic E-state index is 0.0506. The molecule has 8 heteroatoms. The second-order valence-corrected chi connectivity index (χ2v) is 11.2. The molecule has 8 nitrogen and oxygen atoms in total. The predicted octanol–water partition coefficient (Wildman–Crippen LogP) is 3.38. The molecule has 3 saturated heterocycles. The summed E-state index contributed by atoms with van der Waals surface area (Å²) in [4.78, 5) is 23.3. The molecule has 36 heavy (non-hydrogen) atoms. The topological polar surface area (TPSA) is 107 Å². The summed E-state index contributed by atoms with van der Waals surface area (Å²) in [5, 5.41) is 13.7. The van der Waals surface area contributed by atoms with Gasteiger partial charge in [0, 0.05) is 19.4 Å². The number of hydrogen-bond donors (Lipinski definition) is 2. The van der Waals surface area contributed by atoms with Gasteiger partial charge in [-0.15, -0.1) is 0 Å². The molecule has 3 rings (SSSR count). The van der Waals surface area contributed by atoms with Crippen molar-refractivity contribution in [3.63, 3.8) is 0 Å². The van der Waals surface area contributed by atoms with Gasteiger partial charge in [0.1, 0.15) is 23.9 Å². The molecule has 3 aliphatic rings. The monoisotopic (exact) mass is 505 g/mol. The third-order valence-electron chi connectivity index (χ3n) is 7.18. The standard InChI is InChI=1S/C28H43NO7/c1-17(9-12-24-26(32)28(16-33-28)15-27(6,7)36-24)8-11-23-18(2)14-22(20(4)35-23)29-25(31)13-10-19(3)34-21(5)30/h8-10,12-13,18-20,22-24,26,32H,11,14-16H2,1-7H3,(H,29,31)/b12-9+,13-10-,17-8+/t18-,19-,20+,22+,23-,24-,26-,28+/m0/s1. The van der Waals surface area contributed by atoms with Crippen LogP contribution in [0.5, 0.6) is 0 Å². The summed E-state index contributed by atoms with van der Waals surface area (Å²) in [6.07, 6.45) is 9.71. The molecule has 3 fully saturated rings. The van der Waals surface area contributed by atoms with Crippen molar-refractivity contribution in [1.82, 2.24) is 5.32 Å². The zero-order valence-corrected chi connectivity index (χ0v) is 22.7. The number of carbonyl (C=O) groups is 2. The fraction of sp³-hybridized carbons (Fsp3) is 0.714. The van der Waals surface area contributed by atoms with E-state index in [9.17, 15) is 14.7 Å². The number of carbonyl (C=O) groups excluding carboxylic acids is 2. The van der Waals surface area contributed by atoms with Crippen molar-refractivity contribution in [2.45, 2.75) is 115 Å². The Morgan fingerprint density at radius 3 is 2.56 bits per heavy atom. The number of hydrogen-bond acceptors (Lipinski definition) is 7. The van der Waals surface area contributed by atoms with Crippen LogP contribution in [0.25, 0.3) is 0 Å². The van der Waals surface area contributed by atoms with Gasteiger partial charge >= 0.3 is 5.97 Å². The van der Waals surface area contributed by atoms with Crippen molar-refractivity contribution < 1.29 is 33.6 Å². The zero-order valence-electron chi connectivity index (χ0n) is 22.7. The van der Waals surface area contributed by atoms with Crippen molar-refractivity contribution in [3.8, 4) is 0 Å². The van der Waals surface area contributed by atoms with Gasteiger partial charge in [0.2, 0.25) is 5.91 Å². The molecule has 8 atom stereocenters. The van der Waals surface area contributed by atoms with Gasteiger partial charge in [0.05, 0.1) is 30.5 Å². The van der Waals surface area contributed by atoms with Crippen LogP contribution in [-0.2, 0) is 28.5 Å². The van der Waals surface area contributed by atoms with Gasteiger partial charge in [-0.05, 0) is 59.5 Å². The van der Waals surface area contributed by atoms with Gasteiger partial charge in [-0.1, -0.05) is 30.7 Å². The number of allylic oxidation sites excluding steroid dienone is 2. The van der Waals surface area contributed by atoms with Crippen molar-refractivity contribution >= 4 is 11.9 Å². The molecule has 3 aliphatic heterocycles. The molecule has 0 radical (unpaired) electrons. The molecular formula is C28H43NO7. The lowest BCUT2D eigenvalue weighted by molar-refractivity contribution is -0.171. The summed E-state index contributed by atoms with van der Waals surface area (Å²) in [6, 6.07) is -0.0901. The third-order valence-corrected chi connectivity index (χ3v) is 7.18. The van der Waals surface area contributed by atoms with Gasteiger partial charge in [-0.2, -0.15) is 0 Å². The van der Waals surface area contributed by atoms with E-state index in [1.165, 1.54) is 13.0 Å². The van der Waals surface area contributed by atoms with E-state index in [1.807, 2.05) is 39.8 Å². The van der Waals surface area contributed by atoms with Crippen molar-refractivity contribution in [1.29, 1.82) is 0 Å². The predicted molar refractivity (Wildman–Crippen MR) is 136 cm³/mol. The number of rotatable bonds is 8. The normalized spacial score (nSPS) is 37.3.